The zero-order chi connectivity index (χ0) is 15.3. The van der Waals surface area contributed by atoms with Crippen LogP contribution in [0.3, 0.4) is 0 Å². The van der Waals surface area contributed by atoms with Crippen LogP contribution in [-0.4, -0.2) is 32.3 Å². The highest BCUT2D eigenvalue weighted by atomic mass is 16.5. The van der Waals surface area contributed by atoms with Gasteiger partial charge in [-0.2, -0.15) is 15.0 Å². The lowest BCUT2D eigenvalue weighted by atomic mass is 10.1. The van der Waals surface area contributed by atoms with Crippen LogP contribution in [0, 0.1) is 0 Å². The minimum atomic E-state index is -0.122. The summed E-state index contributed by atoms with van der Waals surface area (Å²) in [5, 5.41) is 18.2. The maximum absolute atomic E-state index is 9.43. The summed E-state index contributed by atoms with van der Waals surface area (Å²) in [5.74, 6) is 0. The average Bonchev–Trinajstić information content (AvgIpc) is 2.87. The Balaban J connectivity index is 2.01. The molecule has 1 heterocycles. The molecule has 0 aliphatic carbocycles. The Kier molecular flexibility index (Phi) is 5.09. The van der Waals surface area contributed by atoms with E-state index in [1.165, 1.54) is 0 Å². The molecule has 0 aliphatic rings. The van der Waals surface area contributed by atoms with Crippen molar-refractivity contribution in [2.75, 3.05) is 6.61 Å². The summed E-state index contributed by atoms with van der Waals surface area (Å²) < 4.78 is 5.68. The van der Waals surface area contributed by atoms with Crippen LogP contribution in [0.15, 0.2) is 30.3 Å². The summed E-state index contributed by atoms with van der Waals surface area (Å²) in [5.41, 5.74) is 2.20. The number of rotatable bonds is 6. The van der Waals surface area contributed by atoms with E-state index in [0.29, 0.717) is 18.8 Å². The van der Waals surface area contributed by atoms with Crippen molar-refractivity contribution in [2.24, 2.45) is 0 Å². The highest BCUT2D eigenvalue weighted by Gasteiger charge is 2.13. The van der Waals surface area contributed by atoms with Crippen LogP contribution < -0.4 is 0 Å². The highest BCUT2D eigenvalue weighted by Crippen LogP contribution is 2.19. The maximum Gasteiger partial charge on any atom is 0.118 e. The number of aliphatic hydroxyl groups is 1. The van der Waals surface area contributed by atoms with Crippen molar-refractivity contribution in [1.82, 2.24) is 15.0 Å². The first-order valence-corrected chi connectivity index (χ1v) is 7.24. The van der Waals surface area contributed by atoms with Crippen molar-refractivity contribution in [3.8, 4) is 11.3 Å². The van der Waals surface area contributed by atoms with E-state index in [0.717, 1.165) is 17.7 Å². The molecule has 1 N–H and O–H groups in total. The van der Waals surface area contributed by atoms with Crippen LogP contribution in [0.1, 0.15) is 32.9 Å². The standard InChI is InChI=1S/C16H23N3O2/c1-16(2,3)21-11-7-10-19-17-14(12-20)15(18-19)13-8-5-4-6-9-13/h4-6,8-9,20H,7,10-12H2,1-3H3. The monoisotopic (exact) mass is 289 g/mol. The van der Waals surface area contributed by atoms with Gasteiger partial charge in [-0.15, -0.1) is 0 Å². The molecule has 0 saturated carbocycles. The third kappa shape index (κ3) is 4.65. The van der Waals surface area contributed by atoms with Gasteiger partial charge in [0.25, 0.3) is 0 Å². The first kappa shape index (κ1) is 15.7. The van der Waals surface area contributed by atoms with Gasteiger partial charge in [-0.1, -0.05) is 30.3 Å². The van der Waals surface area contributed by atoms with E-state index in [2.05, 4.69) is 10.2 Å². The molecule has 5 heteroatoms. The summed E-state index contributed by atoms with van der Waals surface area (Å²) in [6, 6.07) is 9.79. The van der Waals surface area contributed by atoms with E-state index in [1.54, 1.807) is 4.80 Å². The van der Waals surface area contributed by atoms with Gasteiger partial charge in [0.2, 0.25) is 0 Å². The fourth-order valence-corrected chi connectivity index (χ4v) is 1.99. The molecule has 0 unspecified atom stereocenters. The number of aliphatic hydroxyl groups excluding tert-OH is 1. The SMILES string of the molecule is CC(C)(C)OCCCn1nc(CO)c(-c2ccccc2)n1. The topological polar surface area (TPSA) is 60.2 Å². The van der Waals surface area contributed by atoms with Gasteiger partial charge in [-0.3, -0.25) is 0 Å². The number of nitrogens with zero attached hydrogens (tertiary/aromatic N) is 3. The zero-order valence-corrected chi connectivity index (χ0v) is 12.9. The molecule has 1 aromatic heterocycles. The van der Waals surface area contributed by atoms with Gasteiger partial charge in [0.1, 0.15) is 11.4 Å². The minimum absolute atomic E-state index is 0.108. The zero-order valence-electron chi connectivity index (χ0n) is 12.9. The molecule has 5 nitrogen and oxygen atoms in total. The normalized spacial score (nSPS) is 11.8. The van der Waals surface area contributed by atoms with Crippen molar-refractivity contribution < 1.29 is 9.84 Å². The van der Waals surface area contributed by atoms with E-state index < -0.39 is 0 Å². The third-order valence-electron chi connectivity index (χ3n) is 2.96. The summed E-state index contributed by atoms with van der Waals surface area (Å²) in [6.07, 6.45) is 0.838. The fourth-order valence-electron chi connectivity index (χ4n) is 1.99. The maximum atomic E-state index is 9.43. The predicted octanol–water partition coefficient (Wildman–Crippen LogP) is 2.64. The molecule has 1 aromatic carbocycles. The van der Waals surface area contributed by atoms with Crippen LogP contribution >= 0.6 is 0 Å². The van der Waals surface area contributed by atoms with E-state index in [1.807, 2.05) is 51.1 Å². The van der Waals surface area contributed by atoms with Crippen LogP contribution in [0.25, 0.3) is 11.3 Å². The smallest absolute Gasteiger partial charge is 0.118 e. The Morgan fingerprint density at radius 1 is 1.14 bits per heavy atom. The molecule has 114 valence electrons. The predicted molar refractivity (Wildman–Crippen MR) is 81.7 cm³/mol. The lowest BCUT2D eigenvalue weighted by molar-refractivity contribution is -0.00590. The van der Waals surface area contributed by atoms with E-state index in [4.69, 9.17) is 4.74 Å². The summed E-state index contributed by atoms with van der Waals surface area (Å²) in [6.45, 7) is 7.35. The van der Waals surface area contributed by atoms with Crippen molar-refractivity contribution >= 4 is 0 Å². The summed E-state index contributed by atoms with van der Waals surface area (Å²) in [7, 11) is 0. The molecule has 21 heavy (non-hydrogen) atoms. The van der Waals surface area contributed by atoms with Crippen LogP contribution in [0.2, 0.25) is 0 Å². The molecular formula is C16H23N3O2. The van der Waals surface area contributed by atoms with Crippen LogP contribution in [-0.2, 0) is 17.9 Å². The Hall–Kier alpha value is -1.72. The first-order valence-electron chi connectivity index (χ1n) is 7.24. The molecule has 2 rings (SSSR count). The average molecular weight is 289 g/mol. The molecule has 2 aromatic rings. The van der Waals surface area contributed by atoms with Crippen molar-refractivity contribution in [3.05, 3.63) is 36.0 Å². The van der Waals surface area contributed by atoms with E-state index >= 15 is 0 Å². The van der Waals surface area contributed by atoms with Gasteiger partial charge in [-0.05, 0) is 27.2 Å². The molecule has 0 aliphatic heterocycles. The highest BCUT2D eigenvalue weighted by molar-refractivity contribution is 5.60. The molecular weight excluding hydrogens is 266 g/mol. The van der Waals surface area contributed by atoms with Gasteiger partial charge in [0, 0.05) is 12.2 Å². The lowest BCUT2D eigenvalue weighted by Gasteiger charge is -2.19. The van der Waals surface area contributed by atoms with Gasteiger partial charge in [0.05, 0.1) is 18.8 Å². The number of benzene rings is 1. The van der Waals surface area contributed by atoms with Gasteiger partial charge < -0.3 is 9.84 Å². The van der Waals surface area contributed by atoms with Crippen LogP contribution in [0.4, 0.5) is 0 Å². The number of hydrogen-bond acceptors (Lipinski definition) is 4. The molecule has 0 atom stereocenters. The molecule has 0 bridgehead atoms. The van der Waals surface area contributed by atoms with Crippen molar-refractivity contribution in [1.29, 1.82) is 0 Å². The van der Waals surface area contributed by atoms with Crippen molar-refractivity contribution in [2.45, 2.75) is 45.9 Å². The Morgan fingerprint density at radius 2 is 1.86 bits per heavy atom. The second-order valence-electron chi connectivity index (χ2n) is 5.93. The van der Waals surface area contributed by atoms with Gasteiger partial charge in [0.15, 0.2) is 0 Å². The third-order valence-corrected chi connectivity index (χ3v) is 2.96. The molecule has 0 spiro atoms. The fraction of sp³-hybridized carbons (Fsp3) is 0.500. The van der Waals surface area contributed by atoms with E-state index in [9.17, 15) is 5.11 Å². The number of hydrogen-bond donors (Lipinski definition) is 1. The number of ether oxygens (including phenoxy) is 1. The Bertz CT molecular complexity index is 559. The quantitative estimate of drug-likeness (QED) is 0.831. The summed E-state index contributed by atoms with van der Waals surface area (Å²) in [4.78, 5) is 1.64. The molecule has 0 fully saturated rings. The van der Waals surface area contributed by atoms with Gasteiger partial charge >= 0.3 is 0 Å². The van der Waals surface area contributed by atoms with Crippen molar-refractivity contribution in [3.63, 3.8) is 0 Å². The van der Waals surface area contributed by atoms with Crippen LogP contribution in [0.5, 0.6) is 0 Å². The minimum Gasteiger partial charge on any atom is -0.390 e. The number of aryl methyl sites for hydroxylation is 1. The largest absolute Gasteiger partial charge is 0.390 e. The number of aromatic nitrogens is 3. The second kappa shape index (κ2) is 6.83. The Morgan fingerprint density at radius 3 is 2.48 bits per heavy atom. The van der Waals surface area contributed by atoms with Gasteiger partial charge in [-0.25, -0.2) is 0 Å². The Labute approximate surface area is 125 Å². The van der Waals surface area contributed by atoms with E-state index in [-0.39, 0.29) is 12.2 Å². The second-order valence-corrected chi connectivity index (χ2v) is 5.93. The summed E-state index contributed by atoms with van der Waals surface area (Å²) >= 11 is 0. The molecule has 0 amide bonds. The first-order chi connectivity index (χ1) is 9.99. The molecule has 0 radical (unpaired) electrons. The molecule has 0 saturated heterocycles. The lowest BCUT2D eigenvalue weighted by Crippen LogP contribution is -2.20.